The van der Waals surface area contributed by atoms with Crippen molar-refractivity contribution in [2.45, 2.75) is 19.8 Å². The van der Waals surface area contributed by atoms with Gasteiger partial charge in [0, 0.05) is 0 Å². The van der Waals surface area contributed by atoms with Crippen LogP contribution in [-0.4, -0.2) is 7.11 Å². The van der Waals surface area contributed by atoms with Gasteiger partial charge in [0.15, 0.2) is 0 Å². The third kappa shape index (κ3) is 2.16. The zero-order valence-electron chi connectivity index (χ0n) is 8.79. The Morgan fingerprint density at radius 1 is 1.43 bits per heavy atom. The normalized spacial score (nSPS) is 16.9. The number of methoxy groups -OCH3 is 1. The molecule has 1 heteroatoms. The summed E-state index contributed by atoms with van der Waals surface area (Å²) in [6.45, 7) is 2.17. The Hall–Kier alpha value is -1.24. The molecule has 1 aliphatic rings. The molecule has 1 saturated carbocycles. The molecule has 0 unspecified atom stereocenters. The highest BCUT2D eigenvalue weighted by Gasteiger charge is 2.18. The lowest BCUT2D eigenvalue weighted by atomic mass is 10.1. The molecule has 0 amide bonds. The molecule has 0 radical (unpaired) electrons. The van der Waals surface area contributed by atoms with E-state index >= 15 is 0 Å². The Kier molecular flexibility index (Phi) is 2.58. The lowest BCUT2D eigenvalue weighted by Crippen LogP contribution is -1.85. The number of benzene rings is 1. The van der Waals surface area contributed by atoms with Crippen molar-refractivity contribution < 1.29 is 4.74 Å². The van der Waals surface area contributed by atoms with Gasteiger partial charge in [0.2, 0.25) is 0 Å². The van der Waals surface area contributed by atoms with Gasteiger partial charge in [-0.3, -0.25) is 0 Å². The minimum atomic E-state index is 0.834. The van der Waals surface area contributed by atoms with E-state index in [0.717, 1.165) is 11.7 Å². The van der Waals surface area contributed by atoms with E-state index in [1.807, 2.05) is 12.1 Å². The average Bonchev–Trinajstić information content (AvgIpc) is 3.02. The van der Waals surface area contributed by atoms with Gasteiger partial charge in [-0.2, -0.15) is 0 Å². The molecule has 0 N–H and O–H groups in total. The second kappa shape index (κ2) is 3.87. The van der Waals surface area contributed by atoms with Crippen LogP contribution in [-0.2, 0) is 0 Å². The van der Waals surface area contributed by atoms with E-state index in [1.165, 1.54) is 24.0 Å². The van der Waals surface area contributed by atoms with Crippen LogP contribution < -0.4 is 4.74 Å². The lowest BCUT2D eigenvalue weighted by molar-refractivity contribution is 0.414. The summed E-state index contributed by atoms with van der Waals surface area (Å²) < 4.78 is 5.20. The Labute approximate surface area is 85.4 Å². The standard InChI is InChI=1S/C13H16O/c1-10(8-11-6-7-11)12-4-3-5-13(9-12)14-2/h3-5,8-9,11H,6-7H2,1-2H3/b10-8-. The summed E-state index contributed by atoms with van der Waals surface area (Å²) in [5.74, 6) is 1.77. The third-order valence-corrected chi connectivity index (χ3v) is 2.63. The fraction of sp³-hybridized carbons (Fsp3) is 0.385. The summed E-state index contributed by atoms with van der Waals surface area (Å²) in [5, 5.41) is 0. The summed E-state index contributed by atoms with van der Waals surface area (Å²) >= 11 is 0. The largest absolute Gasteiger partial charge is 0.497 e. The van der Waals surface area contributed by atoms with Crippen LogP contribution in [0.25, 0.3) is 5.57 Å². The van der Waals surface area contributed by atoms with E-state index < -0.39 is 0 Å². The van der Waals surface area contributed by atoms with E-state index in [0.29, 0.717) is 0 Å². The maximum atomic E-state index is 5.20. The highest BCUT2D eigenvalue weighted by atomic mass is 16.5. The molecule has 0 saturated heterocycles. The molecule has 74 valence electrons. The predicted octanol–water partition coefficient (Wildman–Crippen LogP) is 3.51. The first-order valence-corrected chi connectivity index (χ1v) is 5.12. The summed E-state index contributed by atoms with van der Waals surface area (Å²) in [4.78, 5) is 0. The summed E-state index contributed by atoms with van der Waals surface area (Å²) in [5.41, 5.74) is 2.64. The molecule has 0 spiro atoms. The molecule has 0 aliphatic heterocycles. The van der Waals surface area contributed by atoms with Crippen molar-refractivity contribution in [1.82, 2.24) is 0 Å². The summed E-state index contributed by atoms with van der Waals surface area (Å²) in [6.07, 6.45) is 5.09. The molecule has 1 fully saturated rings. The van der Waals surface area contributed by atoms with E-state index in [1.54, 1.807) is 7.11 Å². The minimum absolute atomic E-state index is 0.834. The number of allylic oxidation sites excluding steroid dienone is 2. The quantitative estimate of drug-likeness (QED) is 0.705. The maximum Gasteiger partial charge on any atom is 0.119 e. The van der Waals surface area contributed by atoms with Gasteiger partial charge < -0.3 is 4.74 Å². The molecule has 2 rings (SSSR count). The van der Waals surface area contributed by atoms with Gasteiger partial charge in [0.1, 0.15) is 5.75 Å². The number of hydrogen-bond acceptors (Lipinski definition) is 1. The molecule has 1 aliphatic carbocycles. The molecular weight excluding hydrogens is 172 g/mol. The van der Waals surface area contributed by atoms with E-state index in [2.05, 4.69) is 25.1 Å². The number of ether oxygens (including phenoxy) is 1. The van der Waals surface area contributed by atoms with Crippen molar-refractivity contribution in [2.24, 2.45) is 5.92 Å². The molecule has 1 nitrogen and oxygen atoms in total. The first-order chi connectivity index (χ1) is 6.79. The first-order valence-electron chi connectivity index (χ1n) is 5.12. The molecule has 0 atom stereocenters. The zero-order chi connectivity index (χ0) is 9.97. The van der Waals surface area contributed by atoms with Crippen molar-refractivity contribution in [3.8, 4) is 5.75 Å². The van der Waals surface area contributed by atoms with E-state index in [-0.39, 0.29) is 0 Å². The van der Waals surface area contributed by atoms with Gasteiger partial charge >= 0.3 is 0 Å². The Bertz CT molecular complexity index is 348. The van der Waals surface area contributed by atoms with Crippen LogP contribution in [0.4, 0.5) is 0 Å². The van der Waals surface area contributed by atoms with Gasteiger partial charge in [-0.05, 0) is 49.0 Å². The van der Waals surface area contributed by atoms with Crippen LogP contribution in [0.5, 0.6) is 5.75 Å². The highest BCUT2D eigenvalue weighted by Crippen LogP contribution is 2.33. The second-order valence-corrected chi connectivity index (χ2v) is 3.92. The topological polar surface area (TPSA) is 9.23 Å². The maximum absolute atomic E-state index is 5.20. The van der Waals surface area contributed by atoms with Crippen LogP contribution in [0.2, 0.25) is 0 Å². The van der Waals surface area contributed by atoms with E-state index in [4.69, 9.17) is 4.74 Å². The molecule has 1 aromatic rings. The van der Waals surface area contributed by atoms with Gasteiger partial charge in [-0.25, -0.2) is 0 Å². The Morgan fingerprint density at radius 3 is 2.86 bits per heavy atom. The highest BCUT2D eigenvalue weighted by molar-refractivity contribution is 5.65. The zero-order valence-corrected chi connectivity index (χ0v) is 8.79. The Morgan fingerprint density at radius 2 is 2.21 bits per heavy atom. The van der Waals surface area contributed by atoms with Crippen molar-refractivity contribution in [3.05, 3.63) is 35.9 Å². The van der Waals surface area contributed by atoms with Crippen LogP contribution >= 0.6 is 0 Å². The second-order valence-electron chi connectivity index (χ2n) is 3.92. The van der Waals surface area contributed by atoms with Crippen molar-refractivity contribution >= 4 is 5.57 Å². The SMILES string of the molecule is COc1cccc(/C(C)=C\C2CC2)c1. The molecular formula is C13H16O. The minimum Gasteiger partial charge on any atom is -0.497 e. The molecule has 0 heterocycles. The van der Waals surface area contributed by atoms with Crippen molar-refractivity contribution in [2.75, 3.05) is 7.11 Å². The molecule has 0 bridgehead atoms. The van der Waals surface area contributed by atoms with E-state index in [9.17, 15) is 0 Å². The molecule has 0 aromatic heterocycles. The lowest BCUT2D eigenvalue weighted by Gasteiger charge is -2.04. The smallest absolute Gasteiger partial charge is 0.119 e. The predicted molar refractivity (Wildman–Crippen MR) is 59.4 cm³/mol. The summed E-state index contributed by atoms with van der Waals surface area (Å²) in [7, 11) is 1.71. The Balaban J connectivity index is 2.21. The van der Waals surface area contributed by atoms with Gasteiger partial charge in [-0.15, -0.1) is 0 Å². The van der Waals surface area contributed by atoms with Gasteiger partial charge in [0.25, 0.3) is 0 Å². The fourth-order valence-electron chi connectivity index (χ4n) is 1.58. The molecule has 14 heavy (non-hydrogen) atoms. The average molecular weight is 188 g/mol. The van der Waals surface area contributed by atoms with Crippen LogP contribution in [0.3, 0.4) is 0 Å². The van der Waals surface area contributed by atoms with Crippen LogP contribution in [0.15, 0.2) is 30.3 Å². The fourth-order valence-corrected chi connectivity index (χ4v) is 1.58. The summed E-state index contributed by atoms with van der Waals surface area (Å²) in [6, 6.07) is 8.25. The van der Waals surface area contributed by atoms with Crippen LogP contribution in [0, 0.1) is 5.92 Å². The van der Waals surface area contributed by atoms with Crippen molar-refractivity contribution in [1.29, 1.82) is 0 Å². The number of hydrogen-bond donors (Lipinski definition) is 0. The third-order valence-electron chi connectivity index (χ3n) is 2.63. The van der Waals surface area contributed by atoms with Gasteiger partial charge in [0.05, 0.1) is 7.11 Å². The van der Waals surface area contributed by atoms with Gasteiger partial charge in [-0.1, -0.05) is 18.2 Å². The first kappa shape index (κ1) is 9.32. The van der Waals surface area contributed by atoms with Crippen molar-refractivity contribution in [3.63, 3.8) is 0 Å². The van der Waals surface area contributed by atoms with Crippen LogP contribution in [0.1, 0.15) is 25.3 Å². The molecule has 1 aromatic carbocycles. The number of rotatable bonds is 3. The monoisotopic (exact) mass is 188 g/mol.